The van der Waals surface area contributed by atoms with Gasteiger partial charge in [0.25, 0.3) is 0 Å². The number of hydrogen-bond acceptors (Lipinski definition) is 3. The molecule has 1 N–H and O–H groups in total. The SMILES string of the molecule is CC(CC(=O)N[C@H]1CCO[C@@H]1c1cnn(C)c1)c1ccccc1. The molecule has 3 rings (SSSR count). The summed E-state index contributed by atoms with van der Waals surface area (Å²) in [6.07, 6.45) is 4.98. The van der Waals surface area contributed by atoms with Crippen LogP contribution in [0.15, 0.2) is 42.7 Å². The molecule has 0 spiro atoms. The molecule has 5 nitrogen and oxygen atoms in total. The highest BCUT2D eigenvalue weighted by Gasteiger charge is 2.32. The summed E-state index contributed by atoms with van der Waals surface area (Å²) < 4.78 is 7.54. The Bertz CT molecular complexity index is 653. The predicted molar refractivity (Wildman–Crippen MR) is 87.9 cm³/mol. The summed E-state index contributed by atoms with van der Waals surface area (Å²) in [6.45, 7) is 2.75. The normalized spacial score (nSPS) is 22.0. The van der Waals surface area contributed by atoms with Crippen molar-refractivity contribution in [2.45, 2.75) is 37.8 Å². The van der Waals surface area contributed by atoms with Crippen LogP contribution in [-0.4, -0.2) is 28.3 Å². The van der Waals surface area contributed by atoms with Gasteiger partial charge in [-0.25, -0.2) is 0 Å². The molecular formula is C18H23N3O2. The number of nitrogens with one attached hydrogen (secondary N) is 1. The van der Waals surface area contributed by atoms with Crippen molar-refractivity contribution in [1.29, 1.82) is 0 Å². The third-order valence-corrected chi connectivity index (χ3v) is 4.35. The molecule has 2 aromatic rings. The average Bonchev–Trinajstić information content (AvgIpc) is 3.16. The summed E-state index contributed by atoms with van der Waals surface area (Å²) in [5.74, 6) is 0.279. The van der Waals surface area contributed by atoms with Crippen LogP contribution in [-0.2, 0) is 16.6 Å². The average molecular weight is 313 g/mol. The van der Waals surface area contributed by atoms with Gasteiger partial charge in [-0.2, -0.15) is 5.10 Å². The number of aromatic nitrogens is 2. The molecule has 0 saturated carbocycles. The Hall–Kier alpha value is -2.14. The van der Waals surface area contributed by atoms with Gasteiger partial charge in [0.15, 0.2) is 0 Å². The lowest BCUT2D eigenvalue weighted by Crippen LogP contribution is -2.37. The van der Waals surface area contributed by atoms with E-state index in [9.17, 15) is 4.79 Å². The molecule has 2 heterocycles. The number of carbonyl (C=O) groups is 1. The highest BCUT2D eigenvalue weighted by Crippen LogP contribution is 2.29. The molecule has 1 saturated heterocycles. The van der Waals surface area contributed by atoms with Crippen LogP contribution in [0.25, 0.3) is 0 Å². The molecule has 1 unspecified atom stereocenters. The van der Waals surface area contributed by atoms with E-state index in [0.717, 1.165) is 12.0 Å². The number of ether oxygens (including phenoxy) is 1. The van der Waals surface area contributed by atoms with Crippen molar-refractivity contribution in [2.75, 3.05) is 6.61 Å². The number of hydrogen-bond donors (Lipinski definition) is 1. The van der Waals surface area contributed by atoms with Gasteiger partial charge in [0.2, 0.25) is 5.91 Å². The maximum atomic E-state index is 12.4. The third-order valence-electron chi connectivity index (χ3n) is 4.35. The first kappa shape index (κ1) is 15.7. The molecule has 122 valence electrons. The van der Waals surface area contributed by atoms with Crippen LogP contribution in [0.3, 0.4) is 0 Å². The standard InChI is InChI=1S/C18H23N3O2/c1-13(14-6-4-3-5-7-14)10-17(22)20-16-8-9-23-18(16)15-11-19-21(2)12-15/h3-7,11-13,16,18H,8-10H2,1-2H3,(H,20,22)/t13?,16-,18+/m0/s1. The fourth-order valence-electron chi connectivity index (χ4n) is 3.10. The number of amides is 1. The molecule has 5 heteroatoms. The summed E-state index contributed by atoms with van der Waals surface area (Å²) in [7, 11) is 1.88. The number of carbonyl (C=O) groups excluding carboxylic acids is 1. The largest absolute Gasteiger partial charge is 0.371 e. The topological polar surface area (TPSA) is 56.1 Å². The lowest BCUT2D eigenvalue weighted by Gasteiger charge is -2.20. The summed E-state index contributed by atoms with van der Waals surface area (Å²) in [6, 6.07) is 10.2. The molecule has 0 aliphatic carbocycles. The van der Waals surface area contributed by atoms with Gasteiger partial charge in [-0.1, -0.05) is 37.3 Å². The van der Waals surface area contributed by atoms with Gasteiger partial charge < -0.3 is 10.1 Å². The van der Waals surface area contributed by atoms with E-state index in [0.29, 0.717) is 13.0 Å². The minimum absolute atomic E-state index is 0.0228. The van der Waals surface area contributed by atoms with E-state index < -0.39 is 0 Å². The molecule has 1 amide bonds. The first-order valence-electron chi connectivity index (χ1n) is 8.08. The number of benzene rings is 1. The van der Waals surface area contributed by atoms with E-state index in [4.69, 9.17) is 4.74 Å². The van der Waals surface area contributed by atoms with Crippen molar-refractivity contribution < 1.29 is 9.53 Å². The van der Waals surface area contributed by atoms with Crippen molar-refractivity contribution in [1.82, 2.24) is 15.1 Å². The van der Waals surface area contributed by atoms with Gasteiger partial charge in [0.05, 0.1) is 12.2 Å². The fraction of sp³-hybridized carbons (Fsp3) is 0.444. The zero-order valence-corrected chi connectivity index (χ0v) is 13.6. The maximum Gasteiger partial charge on any atom is 0.220 e. The van der Waals surface area contributed by atoms with Crippen LogP contribution in [0.5, 0.6) is 0 Å². The maximum absolute atomic E-state index is 12.4. The lowest BCUT2D eigenvalue weighted by molar-refractivity contribution is -0.122. The number of rotatable bonds is 5. The van der Waals surface area contributed by atoms with Crippen LogP contribution >= 0.6 is 0 Å². The van der Waals surface area contributed by atoms with Crippen LogP contribution < -0.4 is 5.32 Å². The lowest BCUT2D eigenvalue weighted by atomic mass is 9.97. The van der Waals surface area contributed by atoms with Gasteiger partial charge in [-0.15, -0.1) is 0 Å². The Morgan fingerprint density at radius 2 is 2.22 bits per heavy atom. The first-order valence-corrected chi connectivity index (χ1v) is 8.08. The zero-order valence-electron chi connectivity index (χ0n) is 13.6. The fourth-order valence-corrected chi connectivity index (χ4v) is 3.10. The minimum atomic E-state index is -0.0975. The van der Waals surface area contributed by atoms with Crippen molar-refractivity contribution in [3.8, 4) is 0 Å². The third kappa shape index (κ3) is 3.79. The zero-order chi connectivity index (χ0) is 16.2. The summed E-state index contributed by atoms with van der Waals surface area (Å²) in [5.41, 5.74) is 2.21. The summed E-state index contributed by atoms with van der Waals surface area (Å²) in [4.78, 5) is 12.4. The van der Waals surface area contributed by atoms with Crippen molar-refractivity contribution in [3.63, 3.8) is 0 Å². The molecule has 0 radical (unpaired) electrons. The first-order chi connectivity index (χ1) is 11.1. The molecule has 3 atom stereocenters. The van der Waals surface area contributed by atoms with Crippen LogP contribution in [0.1, 0.15) is 42.9 Å². The predicted octanol–water partition coefficient (Wildman–Crippen LogP) is 2.56. The molecule has 0 bridgehead atoms. The van der Waals surface area contributed by atoms with Gasteiger partial charge >= 0.3 is 0 Å². The Balaban J connectivity index is 1.59. The molecule has 1 aromatic carbocycles. The van der Waals surface area contributed by atoms with Gasteiger partial charge in [0.1, 0.15) is 6.10 Å². The van der Waals surface area contributed by atoms with Crippen molar-refractivity contribution >= 4 is 5.91 Å². The molecule has 1 aliphatic rings. The van der Waals surface area contributed by atoms with Crippen LogP contribution in [0.4, 0.5) is 0 Å². The van der Waals surface area contributed by atoms with Gasteiger partial charge in [-0.05, 0) is 17.9 Å². The second kappa shape index (κ2) is 6.96. The van der Waals surface area contributed by atoms with Crippen molar-refractivity contribution in [2.24, 2.45) is 7.05 Å². The monoisotopic (exact) mass is 313 g/mol. The van der Waals surface area contributed by atoms with E-state index in [2.05, 4.69) is 29.5 Å². The van der Waals surface area contributed by atoms with E-state index in [-0.39, 0.29) is 24.0 Å². The van der Waals surface area contributed by atoms with Crippen LogP contribution in [0.2, 0.25) is 0 Å². The molecule has 1 aromatic heterocycles. The molecule has 1 fully saturated rings. The molecule has 23 heavy (non-hydrogen) atoms. The van der Waals surface area contributed by atoms with Gasteiger partial charge in [-0.3, -0.25) is 9.48 Å². The van der Waals surface area contributed by atoms with Gasteiger partial charge in [0, 0.05) is 31.8 Å². The van der Waals surface area contributed by atoms with E-state index in [1.54, 1.807) is 4.68 Å². The Kier molecular flexibility index (Phi) is 4.76. The summed E-state index contributed by atoms with van der Waals surface area (Å²) in [5, 5.41) is 7.32. The Labute approximate surface area is 136 Å². The minimum Gasteiger partial charge on any atom is -0.371 e. The van der Waals surface area contributed by atoms with E-state index in [1.165, 1.54) is 5.56 Å². The summed E-state index contributed by atoms with van der Waals surface area (Å²) >= 11 is 0. The number of nitrogens with zero attached hydrogens (tertiary/aromatic N) is 2. The molecular weight excluding hydrogens is 290 g/mol. The molecule has 1 aliphatic heterocycles. The van der Waals surface area contributed by atoms with E-state index >= 15 is 0 Å². The number of aryl methyl sites for hydroxylation is 1. The Morgan fingerprint density at radius 3 is 2.91 bits per heavy atom. The smallest absolute Gasteiger partial charge is 0.220 e. The highest BCUT2D eigenvalue weighted by atomic mass is 16.5. The second-order valence-electron chi connectivity index (χ2n) is 6.22. The quantitative estimate of drug-likeness (QED) is 0.923. The van der Waals surface area contributed by atoms with Crippen molar-refractivity contribution in [3.05, 3.63) is 53.9 Å². The highest BCUT2D eigenvalue weighted by molar-refractivity contribution is 5.77. The van der Waals surface area contributed by atoms with E-state index in [1.807, 2.05) is 37.6 Å². The Morgan fingerprint density at radius 1 is 1.43 bits per heavy atom. The second-order valence-corrected chi connectivity index (χ2v) is 6.22. The van der Waals surface area contributed by atoms with Crippen LogP contribution in [0, 0.1) is 0 Å².